The fourth-order valence-corrected chi connectivity index (χ4v) is 1.88. The minimum absolute atomic E-state index is 0.194. The molecule has 2 aromatic rings. The van der Waals surface area contributed by atoms with E-state index in [1.807, 2.05) is 12.1 Å². The fraction of sp³-hybridized carbons (Fsp3) is 0.0769. The monoisotopic (exact) mass is 314 g/mol. The normalized spacial score (nSPS) is 10.3. The predicted molar refractivity (Wildman–Crippen MR) is 70.2 cm³/mol. The molecule has 2 aromatic carbocycles. The summed E-state index contributed by atoms with van der Waals surface area (Å²) in [5.41, 5.74) is 0.932. The minimum Gasteiger partial charge on any atom is -0.454 e. The first-order valence-electron chi connectivity index (χ1n) is 4.97. The maximum atomic E-state index is 13.5. The fourth-order valence-electron chi connectivity index (χ4n) is 1.38. The summed E-state index contributed by atoms with van der Waals surface area (Å²) < 4.78 is 19.7. The van der Waals surface area contributed by atoms with E-state index in [-0.39, 0.29) is 5.75 Å². The van der Waals surface area contributed by atoms with Crippen LogP contribution in [0.1, 0.15) is 5.56 Å². The smallest absolute Gasteiger partial charge is 0.166 e. The van der Waals surface area contributed by atoms with E-state index in [2.05, 4.69) is 15.9 Å². The predicted octanol–water partition coefficient (Wildman–Crippen LogP) is 5.12. The minimum atomic E-state index is -0.407. The lowest BCUT2D eigenvalue weighted by atomic mass is 10.2. The van der Waals surface area contributed by atoms with Gasteiger partial charge in [0.2, 0.25) is 0 Å². The molecule has 0 heterocycles. The van der Waals surface area contributed by atoms with Crippen LogP contribution in [0, 0.1) is 5.82 Å². The number of ether oxygens (including phenoxy) is 1. The van der Waals surface area contributed by atoms with Gasteiger partial charge in [-0.25, -0.2) is 4.39 Å². The quantitative estimate of drug-likeness (QED) is 0.714. The van der Waals surface area contributed by atoms with Gasteiger partial charge in [-0.1, -0.05) is 28.1 Å². The van der Waals surface area contributed by atoms with E-state index >= 15 is 0 Å². The molecule has 0 aliphatic heterocycles. The zero-order valence-electron chi connectivity index (χ0n) is 8.79. The summed E-state index contributed by atoms with van der Waals surface area (Å²) in [5, 5.41) is 0. The highest BCUT2D eigenvalue weighted by molar-refractivity contribution is 9.10. The van der Waals surface area contributed by atoms with Crippen LogP contribution in [0.5, 0.6) is 11.5 Å². The van der Waals surface area contributed by atoms with Crippen molar-refractivity contribution in [2.75, 3.05) is 0 Å². The summed E-state index contributed by atoms with van der Waals surface area (Å²) in [5.74, 6) is 0.764. The van der Waals surface area contributed by atoms with Gasteiger partial charge < -0.3 is 4.74 Å². The SMILES string of the molecule is Fc1cc(Br)ccc1Oc1cccc(CCl)c1. The standard InChI is InChI=1S/C13H9BrClFO/c14-10-4-5-13(12(16)7-10)17-11-3-1-2-9(6-11)8-15/h1-7H,8H2. The summed E-state index contributed by atoms with van der Waals surface area (Å²) in [4.78, 5) is 0. The maximum absolute atomic E-state index is 13.5. The molecule has 0 N–H and O–H groups in total. The molecule has 88 valence electrons. The Balaban J connectivity index is 2.25. The van der Waals surface area contributed by atoms with E-state index < -0.39 is 5.82 Å². The molecule has 17 heavy (non-hydrogen) atoms. The van der Waals surface area contributed by atoms with Gasteiger partial charge in [-0.15, -0.1) is 11.6 Å². The highest BCUT2D eigenvalue weighted by Crippen LogP contribution is 2.27. The van der Waals surface area contributed by atoms with Crippen molar-refractivity contribution in [3.05, 3.63) is 58.3 Å². The number of alkyl halides is 1. The van der Waals surface area contributed by atoms with Crippen LogP contribution in [0.25, 0.3) is 0 Å². The lowest BCUT2D eigenvalue weighted by molar-refractivity contribution is 0.441. The number of hydrogen-bond donors (Lipinski definition) is 0. The van der Waals surface area contributed by atoms with Crippen LogP contribution in [0.3, 0.4) is 0 Å². The molecule has 4 heteroatoms. The van der Waals surface area contributed by atoms with Crippen LogP contribution in [-0.4, -0.2) is 0 Å². The van der Waals surface area contributed by atoms with E-state index in [1.54, 1.807) is 24.3 Å². The summed E-state index contributed by atoms with van der Waals surface area (Å²) in [6, 6.07) is 11.9. The lowest BCUT2D eigenvalue weighted by Gasteiger charge is -2.07. The van der Waals surface area contributed by atoms with Crippen LogP contribution >= 0.6 is 27.5 Å². The van der Waals surface area contributed by atoms with Crippen LogP contribution in [0.4, 0.5) is 4.39 Å². The summed E-state index contributed by atoms with van der Waals surface area (Å²) in [7, 11) is 0. The van der Waals surface area contributed by atoms with Crippen molar-refractivity contribution in [1.29, 1.82) is 0 Å². The van der Waals surface area contributed by atoms with Crippen LogP contribution in [0.15, 0.2) is 46.9 Å². The van der Waals surface area contributed by atoms with Gasteiger partial charge in [-0.05, 0) is 35.9 Å². The molecule has 0 spiro atoms. The van der Waals surface area contributed by atoms with Gasteiger partial charge in [0.15, 0.2) is 11.6 Å². The molecule has 0 fully saturated rings. The Morgan fingerprint density at radius 3 is 2.71 bits per heavy atom. The number of hydrogen-bond acceptors (Lipinski definition) is 1. The molecule has 0 aliphatic rings. The first-order chi connectivity index (χ1) is 8.19. The Labute approximate surface area is 112 Å². The van der Waals surface area contributed by atoms with Crippen molar-refractivity contribution >= 4 is 27.5 Å². The van der Waals surface area contributed by atoms with Crippen molar-refractivity contribution in [3.8, 4) is 11.5 Å². The average molecular weight is 316 g/mol. The van der Waals surface area contributed by atoms with Gasteiger partial charge in [0.1, 0.15) is 5.75 Å². The first kappa shape index (κ1) is 12.4. The molecule has 0 radical (unpaired) electrons. The number of halogens is 3. The van der Waals surface area contributed by atoms with Crippen molar-refractivity contribution in [2.24, 2.45) is 0 Å². The summed E-state index contributed by atoms with van der Waals surface area (Å²) in [6.07, 6.45) is 0. The van der Waals surface area contributed by atoms with Crippen LogP contribution in [-0.2, 0) is 5.88 Å². The molecule has 0 saturated carbocycles. The number of rotatable bonds is 3. The highest BCUT2D eigenvalue weighted by Gasteiger charge is 2.05. The van der Waals surface area contributed by atoms with Gasteiger partial charge in [0, 0.05) is 10.4 Å². The lowest BCUT2D eigenvalue weighted by Crippen LogP contribution is -1.89. The van der Waals surface area contributed by atoms with Gasteiger partial charge >= 0.3 is 0 Å². The van der Waals surface area contributed by atoms with E-state index in [0.717, 1.165) is 5.56 Å². The Morgan fingerprint density at radius 1 is 1.18 bits per heavy atom. The van der Waals surface area contributed by atoms with Crippen LogP contribution in [0.2, 0.25) is 0 Å². The molecule has 0 saturated heterocycles. The summed E-state index contributed by atoms with van der Waals surface area (Å²) >= 11 is 8.91. The molecule has 0 amide bonds. The van der Waals surface area contributed by atoms with Crippen molar-refractivity contribution in [1.82, 2.24) is 0 Å². The van der Waals surface area contributed by atoms with E-state index in [1.165, 1.54) is 6.07 Å². The maximum Gasteiger partial charge on any atom is 0.166 e. The summed E-state index contributed by atoms with van der Waals surface area (Å²) in [6.45, 7) is 0. The second-order valence-electron chi connectivity index (χ2n) is 3.46. The Morgan fingerprint density at radius 2 is 2.00 bits per heavy atom. The Kier molecular flexibility index (Phi) is 4.02. The molecule has 0 unspecified atom stereocenters. The van der Waals surface area contributed by atoms with E-state index in [0.29, 0.717) is 16.1 Å². The van der Waals surface area contributed by atoms with Gasteiger partial charge in [0.25, 0.3) is 0 Å². The average Bonchev–Trinajstić information content (AvgIpc) is 2.33. The second-order valence-corrected chi connectivity index (χ2v) is 4.64. The largest absolute Gasteiger partial charge is 0.454 e. The molecule has 0 aliphatic carbocycles. The first-order valence-corrected chi connectivity index (χ1v) is 6.29. The third-order valence-corrected chi connectivity index (χ3v) is 2.98. The second kappa shape index (κ2) is 5.52. The van der Waals surface area contributed by atoms with Gasteiger partial charge in [-0.2, -0.15) is 0 Å². The molecule has 2 rings (SSSR count). The zero-order valence-corrected chi connectivity index (χ0v) is 11.1. The molecular weight excluding hydrogens is 306 g/mol. The Bertz CT molecular complexity index is 531. The molecular formula is C13H9BrClFO. The van der Waals surface area contributed by atoms with E-state index in [9.17, 15) is 4.39 Å². The third kappa shape index (κ3) is 3.20. The van der Waals surface area contributed by atoms with Crippen molar-refractivity contribution < 1.29 is 9.13 Å². The van der Waals surface area contributed by atoms with Crippen LogP contribution < -0.4 is 4.74 Å². The van der Waals surface area contributed by atoms with Gasteiger partial charge in [-0.3, -0.25) is 0 Å². The highest BCUT2D eigenvalue weighted by atomic mass is 79.9. The Hall–Kier alpha value is -1.06. The number of benzene rings is 2. The molecule has 1 nitrogen and oxygen atoms in total. The van der Waals surface area contributed by atoms with E-state index in [4.69, 9.17) is 16.3 Å². The molecule has 0 bridgehead atoms. The zero-order chi connectivity index (χ0) is 12.3. The van der Waals surface area contributed by atoms with Gasteiger partial charge in [0.05, 0.1) is 0 Å². The third-order valence-electron chi connectivity index (χ3n) is 2.17. The van der Waals surface area contributed by atoms with Crippen molar-refractivity contribution in [3.63, 3.8) is 0 Å². The molecule has 0 aromatic heterocycles. The topological polar surface area (TPSA) is 9.23 Å². The molecule has 0 atom stereocenters. The van der Waals surface area contributed by atoms with Crippen molar-refractivity contribution in [2.45, 2.75) is 5.88 Å².